The predicted molar refractivity (Wildman–Crippen MR) is 70.5 cm³/mol. The Morgan fingerprint density at radius 3 is 3.14 bits per heavy atom. The Bertz CT molecular complexity index is 688. The van der Waals surface area contributed by atoms with Crippen molar-refractivity contribution in [2.24, 2.45) is 0 Å². The van der Waals surface area contributed by atoms with Gasteiger partial charge in [-0.3, -0.25) is 0 Å². The van der Waals surface area contributed by atoms with Gasteiger partial charge in [-0.15, -0.1) is 0 Å². The van der Waals surface area contributed by atoms with Gasteiger partial charge in [0, 0.05) is 25.5 Å². The summed E-state index contributed by atoms with van der Waals surface area (Å²) in [5, 5.41) is 6.24. The molecule has 21 heavy (non-hydrogen) atoms. The van der Waals surface area contributed by atoms with Crippen LogP contribution in [-0.4, -0.2) is 27.3 Å². The largest absolute Gasteiger partial charge is 0.461 e. The minimum Gasteiger partial charge on any atom is -0.461 e. The number of nitrogens with zero attached hydrogens (tertiary/aromatic N) is 3. The molecule has 3 heterocycles. The lowest BCUT2D eigenvalue weighted by molar-refractivity contribution is 0.195. The Balaban J connectivity index is 1.48. The van der Waals surface area contributed by atoms with E-state index in [4.69, 9.17) is 13.7 Å². The SMILES string of the molecule is O=C(NCCn1ccnc1)Oc1cc(-c2ccco2)on1. The molecule has 1 N–H and O–H groups in total. The molecule has 0 aromatic carbocycles. The molecule has 0 aliphatic heterocycles. The van der Waals surface area contributed by atoms with Crippen LogP contribution in [0.2, 0.25) is 0 Å². The highest BCUT2D eigenvalue weighted by Gasteiger charge is 2.12. The predicted octanol–water partition coefficient (Wildman–Crippen LogP) is 1.92. The standard InChI is InChI=1S/C13H12N4O4/c18-13(15-4-6-17-5-3-14-9-17)20-12-8-11(21-16-12)10-2-1-7-19-10/h1-3,5,7-9H,4,6H2,(H,15,18). The van der Waals surface area contributed by atoms with E-state index in [1.807, 2.05) is 4.57 Å². The van der Waals surface area contributed by atoms with Gasteiger partial charge in [0.05, 0.1) is 18.7 Å². The summed E-state index contributed by atoms with van der Waals surface area (Å²) in [4.78, 5) is 15.5. The number of carbonyl (C=O) groups is 1. The number of amides is 1. The Morgan fingerprint density at radius 1 is 1.43 bits per heavy atom. The molecular formula is C13H12N4O4. The second-order valence-corrected chi connectivity index (χ2v) is 4.12. The Morgan fingerprint density at radius 2 is 2.38 bits per heavy atom. The van der Waals surface area contributed by atoms with Gasteiger partial charge in [0.25, 0.3) is 5.88 Å². The zero-order chi connectivity index (χ0) is 14.5. The molecule has 0 bridgehead atoms. The maximum absolute atomic E-state index is 11.6. The van der Waals surface area contributed by atoms with E-state index in [1.165, 1.54) is 12.3 Å². The highest BCUT2D eigenvalue weighted by molar-refractivity contribution is 5.70. The van der Waals surface area contributed by atoms with Crippen LogP contribution in [0.25, 0.3) is 11.5 Å². The van der Waals surface area contributed by atoms with Crippen molar-refractivity contribution in [2.75, 3.05) is 6.54 Å². The van der Waals surface area contributed by atoms with Gasteiger partial charge in [-0.1, -0.05) is 0 Å². The molecule has 1 amide bonds. The molecule has 8 heteroatoms. The maximum atomic E-state index is 11.6. The lowest BCUT2D eigenvalue weighted by Gasteiger charge is -2.04. The number of hydrogen-bond acceptors (Lipinski definition) is 6. The molecular weight excluding hydrogens is 276 g/mol. The van der Waals surface area contributed by atoms with Crippen molar-refractivity contribution in [1.82, 2.24) is 20.0 Å². The summed E-state index contributed by atoms with van der Waals surface area (Å²) in [6.45, 7) is 1.02. The lowest BCUT2D eigenvalue weighted by atomic mass is 10.3. The van der Waals surface area contributed by atoms with Gasteiger partial charge < -0.3 is 23.6 Å². The second kappa shape index (κ2) is 5.95. The summed E-state index contributed by atoms with van der Waals surface area (Å²) in [6.07, 6.45) is 6.06. The van der Waals surface area contributed by atoms with E-state index in [-0.39, 0.29) is 5.88 Å². The minimum absolute atomic E-state index is 0.0709. The topological polar surface area (TPSA) is 95.3 Å². The minimum atomic E-state index is -0.602. The van der Waals surface area contributed by atoms with Crippen LogP contribution in [0.15, 0.2) is 52.1 Å². The summed E-state index contributed by atoms with van der Waals surface area (Å²) in [5.74, 6) is 0.973. The Kier molecular flexibility index (Phi) is 3.68. The van der Waals surface area contributed by atoms with E-state index < -0.39 is 6.09 Å². The number of nitrogens with one attached hydrogen (secondary N) is 1. The first-order valence-corrected chi connectivity index (χ1v) is 6.23. The van der Waals surface area contributed by atoms with E-state index in [0.717, 1.165) is 0 Å². The van der Waals surface area contributed by atoms with Crippen LogP contribution in [0.1, 0.15) is 0 Å². The fraction of sp³-hybridized carbons (Fsp3) is 0.154. The summed E-state index contributed by atoms with van der Waals surface area (Å²) in [7, 11) is 0. The van der Waals surface area contributed by atoms with Crippen LogP contribution in [-0.2, 0) is 6.54 Å². The van der Waals surface area contributed by atoms with Gasteiger partial charge >= 0.3 is 6.09 Å². The van der Waals surface area contributed by atoms with Crippen LogP contribution in [0, 0.1) is 0 Å². The number of hydrogen-bond donors (Lipinski definition) is 1. The highest BCUT2D eigenvalue weighted by Crippen LogP contribution is 2.23. The van der Waals surface area contributed by atoms with Gasteiger partial charge in [-0.05, 0) is 17.3 Å². The molecule has 0 atom stereocenters. The average Bonchev–Trinajstić information content (AvgIpc) is 3.21. The third kappa shape index (κ3) is 3.30. The van der Waals surface area contributed by atoms with Crippen molar-refractivity contribution in [2.45, 2.75) is 6.54 Å². The number of aromatic nitrogens is 3. The summed E-state index contributed by atoms with van der Waals surface area (Å²) < 4.78 is 17.0. The van der Waals surface area contributed by atoms with Crippen LogP contribution >= 0.6 is 0 Å². The maximum Gasteiger partial charge on any atom is 0.414 e. The zero-order valence-electron chi connectivity index (χ0n) is 10.9. The molecule has 0 radical (unpaired) electrons. The van der Waals surface area contributed by atoms with E-state index in [2.05, 4.69) is 15.5 Å². The van der Waals surface area contributed by atoms with Gasteiger partial charge in [0.15, 0.2) is 5.76 Å². The fourth-order valence-electron chi connectivity index (χ4n) is 1.68. The van der Waals surface area contributed by atoms with E-state index in [1.54, 1.807) is 30.9 Å². The molecule has 3 aromatic rings. The highest BCUT2D eigenvalue weighted by atomic mass is 16.6. The lowest BCUT2D eigenvalue weighted by Crippen LogP contribution is -2.29. The average molecular weight is 288 g/mol. The van der Waals surface area contributed by atoms with Crippen LogP contribution in [0.4, 0.5) is 4.79 Å². The van der Waals surface area contributed by atoms with Crippen molar-refractivity contribution >= 4 is 6.09 Å². The number of ether oxygens (including phenoxy) is 1. The normalized spacial score (nSPS) is 10.5. The van der Waals surface area contributed by atoms with E-state index >= 15 is 0 Å². The van der Waals surface area contributed by atoms with E-state index in [9.17, 15) is 4.79 Å². The first-order chi connectivity index (χ1) is 10.3. The monoisotopic (exact) mass is 288 g/mol. The molecule has 0 saturated carbocycles. The van der Waals surface area contributed by atoms with Crippen molar-refractivity contribution in [3.05, 3.63) is 43.2 Å². The molecule has 3 rings (SSSR count). The van der Waals surface area contributed by atoms with Gasteiger partial charge in [-0.25, -0.2) is 9.78 Å². The van der Waals surface area contributed by atoms with E-state index in [0.29, 0.717) is 24.6 Å². The zero-order valence-corrected chi connectivity index (χ0v) is 10.9. The Labute approximate surface area is 119 Å². The summed E-state index contributed by atoms with van der Waals surface area (Å²) in [6, 6.07) is 4.92. The fourth-order valence-corrected chi connectivity index (χ4v) is 1.68. The van der Waals surface area contributed by atoms with Crippen LogP contribution in [0.5, 0.6) is 5.88 Å². The van der Waals surface area contributed by atoms with Crippen molar-refractivity contribution in [3.63, 3.8) is 0 Å². The second-order valence-electron chi connectivity index (χ2n) is 4.12. The Hall–Kier alpha value is -3.03. The van der Waals surface area contributed by atoms with Gasteiger partial charge in [0.2, 0.25) is 5.76 Å². The molecule has 108 valence electrons. The number of furan rings is 1. The first-order valence-electron chi connectivity index (χ1n) is 6.23. The molecule has 0 fully saturated rings. The molecule has 0 aliphatic rings. The number of carbonyl (C=O) groups excluding carboxylic acids is 1. The molecule has 0 aliphatic carbocycles. The smallest absolute Gasteiger partial charge is 0.414 e. The van der Waals surface area contributed by atoms with Crippen molar-refractivity contribution in [3.8, 4) is 17.4 Å². The number of rotatable bonds is 5. The first kappa shape index (κ1) is 13.0. The van der Waals surface area contributed by atoms with Gasteiger partial charge in [0.1, 0.15) is 0 Å². The molecule has 3 aromatic heterocycles. The third-order valence-corrected chi connectivity index (χ3v) is 2.65. The van der Waals surface area contributed by atoms with Crippen LogP contribution in [0.3, 0.4) is 0 Å². The number of imidazole rings is 1. The van der Waals surface area contributed by atoms with Gasteiger partial charge in [-0.2, -0.15) is 0 Å². The summed E-state index contributed by atoms with van der Waals surface area (Å²) in [5.41, 5.74) is 0. The van der Waals surface area contributed by atoms with Crippen LogP contribution < -0.4 is 10.1 Å². The third-order valence-electron chi connectivity index (χ3n) is 2.65. The molecule has 0 saturated heterocycles. The van der Waals surface area contributed by atoms with Crippen molar-refractivity contribution < 1.29 is 18.5 Å². The van der Waals surface area contributed by atoms with Crippen molar-refractivity contribution in [1.29, 1.82) is 0 Å². The molecule has 8 nitrogen and oxygen atoms in total. The molecule has 0 unspecified atom stereocenters. The quantitative estimate of drug-likeness (QED) is 0.770. The summed E-state index contributed by atoms with van der Waals surface area (Å²) >= 11 is 0. The molecule has 0 spiro atoms.